The van der Waals surface area contributed by atoms with E-state index in [1.165, 1.54) is 0 Å². The number of likely N-dealkylation sites (tertiary alicyclic amines) is 1. The quantitative estimate of drug-likeness (QED) is 0.202. The Kier molecular flexibility index (Phi) is 13.4. The molecule has 2 amide bonds. The van der Waals surface area contributed by atoms with Crippen LogP contribution < -0.4 is 5.32 Å². The number of carbonyl (C=O) groups is 3. The van der Waals surface area contributed by atoms with Crippen molar-refractivity contribution in [1.82, 2.24) is 10.2 Å². The highest BCUT2D eigenvalue weighted by Crippen LogP contribution is 2.51. The summed E-state index contributed by atoms with van der Waals surface area (Å²) in [5.74, 6) is -0.154. The van der Waals surface area contributed by atoms with Crippen LogP contribution in [0.5, 0.6) is 0 Å². The summed E-state index contributed by atoms with van der Waals surface area (Å²) in [6, 6.07) is 0.108. The van der Waals surface area contributed by atoms with Gasteiger partial charge in [0, 0.05) is 38.4 Å². The van der Waals surface area contributed by atoms with Crippen molar-refractivity contribution in [3.8, 4) is 0 Å². The standard InChI is InChI=1S/C22H38N3O7P/c1-6-18-13-17(4)15-25(18)22(28)16-31-33(29,30-12-11-23-5)32-20(10-9-19(26)7-2)14-24-21(27)8-3/h17-18,20H,6-16H2,1-4H3,(H,24,27)/t17-,18-,20?,33?/m1/s1. The third-order valence-electron chi connectivity index (χ3n) is 5.48. The third-order valence-corrected chi connectivity index (χ3v) is 6.98. The molecule has 1 aliphatic rings. The largest absolute Gasteiger partial charge is 0.475 e. The SMILES string of the molecule is [C-]#[N+]CCOP(=O)(OCC(=O)N1C[C@H](C)C[C@H]1CC)OC(CCC(=O)CC)CNC(=O)CC. The first-order valence-electron chi connectivity index (χ1n) is 11.7. The molecule has 0 spiro atoms. The van der Waals surface area contributed by atoms with Crippen LogP contribution in [0.4, 0.5) is 0 Å². The summed E-state index contributed by atoms with van der Waals surface area (Å²) in [5.41, 5.74) is 0. The average Bonchev–Trinajstić information content (AvgIpc) is 3.19. The van der Waals surface area contributed by atoms with Gasteiger partial charge in [0.2, 0.25) is 18.4 Å². The van der Waals surface area contributed by atoms with Crippen LogP contribution in [0.15, 0.2) is 0 Å². The highest BCUT2D eigenvalue weighted by Gasteiger charge is 2.36. The summed E-state index contributed by atoms with van der Waals surface area (Å²) in [5, 5.41) is 2.66. The number of Topliss-reactive ketones (excluding diaryl/α,β-unsaturated/α-hetero) is 1. The molecule has 0 aliphatic carbocycles. The van der Waals surface area contributed by atoms with Crippen LogP contribution in [0.3, 0.4) is 0 Å². The number of hydrogen-bond donors (Lipinski definition) is 1. The van der Waals surface area contributed by atoms with Crippen molar-refractivity contribution in [2.75, 3.05) is 32.8 Å². The lowest BCUT2D eigenvalue weighted by Gasteiger charge is -2.26. The Labute approximate surface area is 197 Å². The maximum atomic E-state index is 13.3. The van der Waals surface area contributed by atoms with Crippen molar-refractivity contribution < 1.29 is 32.5 Å². The molecule has 0 radical (unpaired) electrons. The Hall–Kier alpha value is -1.79. The van der Waals surface area contributed by atoms with Crippen molar-refractivity contribution in [2.45, 2.75) is 78.4 Å². The number of carbonyl (C=O) groups excluding carboxylic acids is 3. The van der Waals surface area contributed by atoms with Crippen LogP contribution in [0, 0.1) is 12.5 Å². The lowest BCUT2D eigenvalue weighted by Crippen LogP contribution is -2.38. The van der Waals surface area contributed by atoms with E-state index >= 15 is 0 Å². The topological polar surface area (TPSA) is 116 Å². The molecule has 1 saturated heterocycles. The zero-order valence-electron chi connectivity index (χ0n) is 20.2. The molecule has 188 valence electrons. The van der Waals surface area contributed by atoms with Gasteiger partial charge in [0.05, 0.1) is 6.10 Å². The van der Waals surface area contributed by atoms with Gasteiger partial charge in [-0.3, -0.25) is 28.0 Å². The maximum Gasteiger partial charge on any atom is 0.475 e. The van der Waals surface area contributed by atoms with E-state index in [9.17, 15) is 18.9 Å². The van der Waals surface area contributed by atoms with E-state index in [0.717, 1.165) is 12.8 Å². The molecule has 2 unspecified atom stereocenters. The fourth-order valence-corrected chi connectivity index (χ4v) is 4.90. The van der Waals surface area contributed by atoms with Crippen LogP contribution >= 0.6 is 7.82 Å². The molecule has 11 heteroatoms. The van der Waals surface area contributed by atoms with Gasteiger partial charge in [-0.1, -0.05) is 27.7 Å². The van der Waals surface area contributed by atoms with Gasteiger partial charge in [0.1, 0.15) is 19.0 Å². The molecule has 0 bridgehead atoms. The van der Waals surface area contributed by atoms with E-state index in [-0.39, 0.29) is 62.6 Å². The van der Waals surface area contributed by atoms with Crippen LogP contribution in [0.2, 0.25) is 0 Å². The summed E-state index contributed by atoms with van der Waals surface area (Å²) in [6.45, 7) is 14.3. The molecule has 0 saturated carbocycles. The predicted molar refractivity (Wildman–Crippen MR) is 123 cm³/mol. The molecule has 0 aromatic heterocycles. The van der Waals surface area contributed by atoms with Gasteiger partial charge in [-0.05, 0) is 25.2 Å². The number of phosphoric ester groups is 1. The van der Waals surface area contributed by atoms with Crippen LogP contribution in [0.25, 0.3) is 4.85 Å². The molecule has 4 atom stereocenters. The van der Waals surface area contributed by atoms with E-state index in [1.54, 1.807) is 18.7 Å². The minimum atomic E-state index is -4.23. The third kappa shape index (κ3) is 10.8. The molecule has 1 fully saturated rings. The van der Waals surface area contributed by atoms with Gasteiger partial charge in [-0.15, -0.1) is 0 Å². The Morgan fingerprint density at radius 1 is 1.21 bits per heavy atom. The number of phosphoric acid groups is 1. The van der Waals surface area contributed by atoms with Crippen molar-refractivity contribution >= 4 is 25.4 Å². The summed E-state index contributed by atoms with van der Waals surface area (Å²) in [6.07, 6.45) is 1.89. The fourth-order valence-electron chi connectivity index (χ4n) is 3.58. The molecule has 1 aliphatic heterocycles. The van der Waals surface area contributed by atoms with E-state index in [2.05, 4.69) is 17.1 Å². The molecular weight excluding hydrogens is 449 g/mol. The van der Waals surface area contributed by atoms with Gasteiger partial charge < -0.3 is 15.1 Å². The molecule has 1 N–H and O–H groups in total. The number of rotatable bonds is 16. The molecule has 0 aromatic rings. The number of amides is 2. The Morgan fingerprint density at radius 3 is 2.55 bits per heavy atom. The molecule has 33 heavy (non-hydrogen) atoms. The molecular formula is C22H38N3O7P. The highest BCUT2D eigenvalue weighted by atomic mass is 31.2. The van der Waals surface area contributed by atoms with E-state index in [1.807, 2.05) is 6.92 Å². The van der Waals surface area contributed by atoms with E-state index in [4.69, 9.17) is 20.1 Å². The fraction of sp³-hybridized carbons (Fsp3) is 0.818. The smallest absolute Gasteiger partial charge is 0.353 e. The van der Waals surface area contributed by atoms with Crippen molar-refractivity contribution in [3.63, 3.8) is 0 Å². The van der Waals surface area contributed by atoms with Crippen LogP contribution in [-0.4, -0.2) is 67.5 Å². The molecule has 1 heterocycles. The van der Waals surface area contributed by atoms with Crippen molar-refractivity contribution in [3.05, 3.63) is 11.4 Å². The second-order valence-corrected chi connectivity index (χ2v) is 9.82. The molecule has 0 aromatic carbocycles. The van der Waals surface area contributed by atoms with Gasteiger partial charge in [-0.25, -0.2) is 11.1 Å². The number of nitrogens with one attached hydrogen (secondary N) is 1. The number of nitrogens with zero attached hydrogens (tertiary/aromatic N) is 2. The monoisotopic (exact) mass is 487 g/mol. The summed E-state index contributed by atoms with van der Waals surface area (Å²) in [7, 11) is -4.23. The normalized spacial score (nSPS) is 20.6. The Bertz CT molecular complexity index is 720. The summed E-state index contributed by atoms with van der Waals surface area (Å²) in [4.78, 5) is 41.1. The van der Waals surface area contributed by atoms with Crippen molar-refractivity contribution in [2.24, 2.45) is 5.92 Å². The zero-order valence-corrected chi connectivity index (χ0v) is 21.1. The maximum absolute atomic E-state index is 13.3. The van der Waals surface area contributed by atoms with E-state index < -0.39 is 20.5 Å². The van der Waals surface area contributed by atoms with Gasteiger partial charge in [0.15, 0.2) is 0 Å². The predicted octanol–water partition coefficient (Wildman–Crippen LogP) is 3.36. The van der Waals surface area contributed by atoms with Crippen LogP contribution in [0.1, 0.15) is 66.2 Å². The summed E-state index contributed by atoms with van der Waals surface area (Å²) < 4.78 is 29.6. The van der Waals surface area contributed by atoms with Crippen LogP contribution in [-0.2, 0) is 32.5 Å². The lowest BCUT2D eigenvalue weighted by atomic mass is 10.1. The second-order valence-electron chi connectivity index (χ2n) is 8.20. The first kappa shape index (κ1) is 29.2. The van der Waals surface area contributed by atoms with Crippen molar-refractivity contribution in [1.29, 1.82) is 0 Å². The van der Waals surface area contributed by atoms with E-state index in [0.29, 0.717) is 18.9 Å². The average molecular weight is 488 g/mol. The summed E-state index contributed by atoms with van der Waals surface area (Å²) >= 11 is 0. The zero-order chi connectivity index (χ0) is 24.9. The number of hydrogen-bond acceptors (Lipinski definition) is 7. The minimum Gasteiger partial charge on any atom is -0.353 e. The molecule has 10 nitrogen and oxygen atoms in total. The lowest BCUT2D eigenvalue weighted by molar-refractivity contribution is -0.135. The minimum absolute atomic E-state index is 0.000897. The molecule has 1 rings (SSSR count). The Balaban J connectivity index is 2.88. The number of ketones is 1. The first-order valence-corrected chi connectivity index (χ1v) is 13.1. The second kappa shape index (κ2) is 15.2. The van der Waals surface area contributed by atoms with Gasteiger partial charge >= 0.3 is 7.82 Å². The van der Waals surface area contributed by atoms with Gasteiger partial charge in [0.25, 0.3) is 0 Å². The van der Waals surface area contributed by atoms with Gasteiger partial charge in [-0.2, -0.15) is 0 Å². The Morgan fingerprint density at radius 2 is 1.94 bits per heavy atom. The first-order chi connectivity index (χ1) is 15.7. The highest BCUT2D eigenvalue weighted by molar-refractivity contribution is 7.48.